The lowest BCUT2D eigenvalue weighted by Crippen LogP contribution is -2.49. The molecule has 1 aliphatic heterocycles. The highest BCUT2D eigenvalue weighted by molar-refractivity contribution is 5.21. The number of aliphatic hydroxyl groups excluding tert-OH is 2. The molecule has 1 fully saturated rings. The zero-order valence-electron chi connectivity index (χ0n) is 12.2. The highest BCUT2D eigenvalue weighted by Gasteiger charge is 2.22. The number of rotatable bonds is 5. The third kappa shape index (κ3) is 4.71. The van der Waals surface area contributed by atoms with Gasteiger partial charge in [-0.2, -0.15) is 0 Å². The molecular formula is C15H22F2N2O2. The molecule has 6 heteroatoms. The van der Waals surface area contributed by atoms with Crippen LogP contribution in [0.4, 0.5) is 8.78 Å². The van der Waals surface area contributed by atoms with Crippen molar-refractivity contribution in [3.63, 3.8) is 0 Å². The second-order valence-corrected chi connectivity index (χ2v) is 5.63. The molecule has 0 amide bonds. The Morgan fingerprint density at radius 1 is 1.05 bits per heavy atom. The molecular weight excluding hydrogens is 278 g/mol. The fraction of sp³-hybridized carbons (Fsp3) is 0.600. The Kier molecular flexibility index (Phi) is 5.64. The molecule has 1 saturated heterocycles. The summed E-state index contributed by atoms with van der Waals surface area (Å²) >= 11 is 0. The van der Waals surface area contributed by atoms with E-state index in [0.717, 1.165) is 38.3 Å². The van der Waals surface area contributed by atoms with E-state index in [1.807, 2.05) is 4.90 Å². The standard InChI is InChI=1S/C15H22F2N2O2/c1-11(20)9-18-4-6-19(7-5-18)10-15(21)13-3-2-12(16)8-14(13)17/h2-3,8,11,15,20-21H,4-7,9-10H2,1H3/t11-,15+/m1/s1. The van der Waals surface area contributed by atoms with Crippen LogP contribution in [-0.4, -0.2) is 65.4 Å². The van der Waals surface area contributed by atoms with Crippen molar-refractivity contribution in [3.05, 3.63) is 35.4 Å². The van der Waals surface area contributed by atoms with E-state index in [1.165, 1.54) is 6.07 Å². The van der Waals surface area contributed by atoms with Crippen molar-refractivity contribution in [1.29, 1.82) is 0 Å². The van der Waals surface area contributed by atoms with Gasteiger partial charge in [0.2, 0.25) is 0 Å². The van der Waals surface area contributed by atoms with E-state index in [9.17, 15) is 19.0 Å². The predicted octanol–water partition coefficient (Wildman–Crippen LogP) is 0.997. The monoisotopic (exact) mass is 300 g/mol. The van der Waals surface area contributed by atoms with Crippen LogP contribution < -0.4 is 0 Å². The maximum absolute atomic E-state index is 13.6. The van der Waals surface area contributed by atoms with Gasteiger partial charge < -0.3 is 10.2 Å². The van der Waals surface area contributed by atoms with Gasteiger partial charge in [-0.15, -0.1) is 0 Å². The molecule has 1 aliphatic rings. The van der Waals surface area contributed by atoms with Crippen LogP contribution in [-0.2, 0) is 0 Å². The molecule has 21 heavy (non-hydrogen) atoms. The first-order chi connectivity index (χ1) is 9.95. The summed E-state index contributed by atoms with van der Waals surface area (Å²) in [6, 6.07) is 3.24. The molecule has 1 aromatic carbocycles. The summed E-state index contributed by atoms with van der Waals surface area (Å²) in [6.45, 7) is 5.85. The van der Waals surface area contributed by atoms with Crippen molar-refractivity contribution >= 4 is 0 Å². The largest absolute Gasteiger partial charge is 0.392 e. The number of benzene rings is 1. The number of hydrogen-bond acceptors (Lipinski definition) is 4. The molecule has 0 aliphatic carbocycles. The Morgan fingerprint density at radius 2 is 1.62 bits per heavy atom. The maximum Gasteiger partial charge on any atom is 0.131 e. The summed E-state index contributed by atoms with van der Waals surface area (Å²) in [5.41, 5.74) is 0.128. The normalized spacial score (nSPS) is 20.4. The molecule has 2 N–H and O–H groups in total. The Morgan fingerprint density at radius 3 is 2.14 bits per heavy atom. The van der Waals surface area contributed by atoms with Crippen molar-refractivity contribution in [3.8, 4) is 0 Å². The van der Waals surface area contributed by atoms with Gasteiger partial charge >= 0.3 is 0 Å². The smallest absolute Gasteiger partial charge is 0.131 e. The van der Waals surface area contributed by atoms with Gasteiger partial charge in [0.05, 0.1) is 12.2 Å². The molecule has 0 saturated carbocycles. The van der Waals surface area contributed by atoms with E-state index in [1.54, 1.807) is 6.92 Å². The second kappa shape index (κ2) is 7.26. The van der Waals surface area contributed by atoms with Gasteiger partial charge in [-0.1, -0.05) is 6.07 Å². The Bertz CT molecular complexity index is 463. The molecule has 0 bridgehead atoms. The van der Waals surface area contributed by atoms with Crippen LogP contribution in [0.3, 0.4) is 0 Å². The van der Waals surface area contributed by atoms with Gasteiger partial charge in [0.15, 0.2) is 0 Å². The molecule has 0 aromatic heterocycles. The number of hydrogen-bond donors (Lipinski definition) is 2. The lowest BCUT2D eigenvalue weighted by atomic mass is 10.1. The van der Waals surface area contributed by atoms with Crippen LogP contribution in [0.1, 0.15) is 18.6 Å². The fourth-order valence-corrected chi connectivity index (χ4v) is 2.64. The number of β-amino-alcohol motifs (C(OH)–C–C–N with tert-alkyl or cyclic N) is 2. The first-order valence-electron chi connectivity index (χ1n) is 7.21. The molecule has 4 nitrogen and oxygen atoms in total. The van der Waals surface area contributed by atoms with Crippen molar-refractivity contribution < 1.29 is 19.0 Å². The van der Waals surface area contributed by atoms with Crippen LogP contribution in [0.25, 0.3) is 0 Å². The first kappa shape index (κ1) is 16.3. The van der Waals surface area contributed by atoms with E-state index >= 15 is 0 Å². The minimum atomic E-state index is -0.964. The van der Waals surface area contributed by atoms with Gasteiger partial charge in [0, 0.05) is 50.9 Å². The van der Waals surface area contributed by atoms with Crippen LogP contribution in [0.5, 0.6) is 0 Å². The van der Waals surface area contributed by atoms with E-state index in [4.69, 9.17) is 0 Å². The zero-order valence-corrected chi connectivity index (χ0v) is 12.2. The second-order valence-electron chi connectivity index (χ2n) is 5.63. The van der Waals surface area contributed by atoms with Crippen molar-refractivity contribution in [2.75, 3.05) is 39.3 Å². The molecule has 2 atom stereocenters. The average molecular weight is 300 g/mol. The van der Waals surface area contributed by atoms with Gasteiger partial charge in [0.25, 0.3) is 0 Å². The molecule has 0 radical (unpaired) electrons. The number of aliphatic hydroxyl groups is 2. The molecule has 2 rings (SSSR count). The van der Waals surface area contributed by atoms with Crippen LogP contribution >= 0.6 is 0 Å². The Balaban J connectivity index is 1.85. The molecule has 118 valence electrons. The Labute approximate surface area is 123 Å². The van der Waals surface area contributed by atoms with Gasteiger partial charge in [-0.05, 0) is 13.0 Å². The van der Waals surface area contributed by atoms with Crippen LogP contribution in [0.2, 0.25) is 0 Å². The topological polar surface area (TPSA) is 46.9 Å². The lowest BCUT2D eigenvalue weighted by molar-refractivity contribution is 0.0516. The third-order valence-electron chi connectivity index (χ3n) is 3.74. The van der Waals surface area contributed by atoms with E-state index < -0.39 is 17.7 Å². The number of nitrogens with zero attached hydrogens (tertiary/aromatic N) is 2. The van der Waals surface area contributed by atoms with E-state index in [2.05, 4.69) is 4.90 Å². The summed E-state index contributed by atoms with van der Waals surface area (Å²) in [7, 11) is 0. The van der Waals surface area contributed by atoms with Crippen LogP contribution in [0, 0.1) is 11.6 Å². The fourth-order valence-electron chi connectivity index (χ4n) is 2.64. The van der Waals surface area contributed by atoms with Gasteiger partial charge in [-0.3, -0.25) is 9.80 Å². The highest BCUT2D eigenvalue weighted by atomic mass is 19.1. The number of halogens is 2. The summed E-state index contributed by atoms with van der Waals surface area (Å²) in [5.74, 6) is -1.36. The summed E-state index contributed by atoms with van der Waals surface area (Å²) in [5, 5.41) is 19.4. The van der Waals surface area contributed by atoms with Crippen LogP contribution in [0.15, 0.2) is 18.2 Å². The molecule has 0 unspecified atom stereocenters. The predicted molar refractivity (Wildman–Crippen MR) is 75.9 cm³/mol. The highest BCUT2D eigenvalue weighted by Crippen LogP contribution is 2.19. The zero-order chi connectivity index (χ0) is 15.4. The van der Waals surface area contributed by atoms with Gasteiger partial charge in [-0.25, -0.2) is 8.78 Å². The molecule has 1 heterocycles. The van der Waals surface area contributed by atoms with Crippen molar-refractivity contribution in [2.45, 2.75) is 19.1 Å². The van der Waals surface area contributed by atoms with Crippen molar-refractivity contribution in [1.82, 2.24) is 9.80 Å². The third-order valence-corrected chi connectivity index (χ3v) is 3.74. The molecule has 0 spiro atoms. The summed E-state index contributed by atoms with van der Waals surface area (Å²) in [4.78, 5) is 4.21. The Hall–Kier alpha value is -1.08. The van der Waals surface area contributed by atoms with Crippen molar-refractivity contribution in [2.24, 2.45) is 0 Å². The minimum absolute atomic E-state index is 0.128. The summed E-state index contributed by atoms with van der Waals surface area (Å²) < 4.78 is 26.5. The van der Waals surface area contributed by atoms with E-state index in [0.29, 0.717) is 13.1 Å². The molecule has 1 aromatic rings. The quantitative estimate of drug-likeness (QED) is 0.851. The minimum Gasteiger partial charge on any atom is -0.392 e. The summed E-state index contributed by atoms with van der Waals surface area (Å²) in [6.07, 6.45) is -1.32. The van der Waals surface area contributed by atoms with Gasteiger partial charge in [0.1, 0.15) is 11.6 Å². The lowest BCUT2D eigenvalue weighted by Gasteiger charge is -2.36. The average Bonchev–Trinajstić information content (AvgIpc) is 2.40. The number of piperazine rings is 1. The maximum atomic E-state index is 13.6. The van der Waals surface area contributed by atoms with E-state index in [-0.39, 0.29) is 11.7 Å². The SMILES string of the molecule is C[C@@H](O)CN1CCN(C[C@H](O)c2ccc(F)cc2F)CC1. The first-order valence-corrected chi connectivity index (χ1v) is 7.21.